The summed E-state index contributed by atoms with van der Waals surface area (Å²) in [6.45, 7) is 1.85. The molecule has 7 heteroatoms. The maximum Gasteiger partial charge on any atom is 0.330 e. The molecule has 3 atom stereocenters. The molecule has 5 nitrogen and oxygen atoms in total. The highest BCUT2D eigenvalue weighted by Gasteiger charge is 2.32. The summed E-state index contributed by atoms with van der Waals surface area (Å²) in [5, 5.41) is -0.135. The zero-order valence-electron chi connectivity index (χ0n) is 9.60. The van der Waals surface area contributed by atoms with Crippen LogP contribution in [0.2, 0.25) is 0 Å². The highest BCUT2D eigenvalue weighted by Crippen LogP contribution is 2.30. The molecule has 0 radical (unpaired) electrons. The van der Waals surface area contributed by atoms with E-state index >= 15 is 0 Å². The molecule has 1 N–H and O–H groups in total. The van der Waals surface area contributed by atoms with Gasteiger partial charge in [-0.05, 0) is 18.0 Å². The van der Waals surface area contributed by atoms with Crippen LogP contribution in [0.5, 0.6) is 0 Å². The lowest BCUT2D eigenvalue weighted by molar-refractivity contribution is 0.00826. The molecule has 0 bridgehead atoms. The lowest BCUT2D eigenvalue weighted by Gasteiger charge is -2.13. The first-order valence-corrected chi connectivity index (χ1v) is 6.80. The minimum atomic E-state index is -0.491. The summed E-state index contributed by atoms with van der Waals surface area (Å²) in [5.74, 6) is 0. The highest BCUT2D eigenvalue weighted by molar-refractivity contribution is 9.11. The van der Waals surface area contributed by atoms with E-state index in [1.54, 1.807) is 11.1 Å². The van der Waals surface area contributed by atoms with E-state index in [1.807, 2.05) is 6.92 Å². The van der Waals surface area contributed by atoms with E-state index in [9.17, 15) is 9.59 Å². The Morgan fingerprint density at radius 3 is 2.89 bits per heavy atom. The lowest BCUT2D eigenvalue weighted by atomic mass is 10.2. The number of ether oxygens (including phenoxy) is 1. The monoisotopic (exact) mass is 334 g/mol. The van der Waals surface area contributed by atoms with E-state index in [0.717, 1.165) is 0 Å². The number of H-pyrrole nitrogens is 1. The molecule has 1 aliphatic rings. The Labute approximate surface area is 117 Å². The van der Waals surface area contributed by atoms with Crippen LogP contribution in [-0.2, 0) is 4.74 Å². The molecule has 98 valence electrons. The van der Waals surface area contributed by atoms with Gasteiger partial charge >= 0.3 is 5.69 Å². The Kier molecular flexibility index (Phi) is 4.09. The van der Waals surface area contributed by atoms with Crippen LogP contribution in [0.4, 0.5) is 0 Å². The Balaban J connectivity index is 2.42. The van der Waals surface area contributed by atoms with Gasteiger partial charge in [-0.2, -0.15) is 0 Å². The van der Waals surface area contributed by atoms with Crippen molar-refractivity contribution in [2.45, 2.75) is 31.1 Å². The van der Waals surface area contributed by atoms with E-state index in [1.165, 1.54) is 10.8 Å². The summed E-state index contributed by atoms with van der Waals surface area (Å²) in [6, 6.07) is 0. The van der Waals surface area contributed by atoms with Crippen LogP contribution in [0, 0.1) is 0 Å². The molecule has 0 spiro atoms. The van der Waals surface area contributed by atoms with Crippen molar-refractivity contribution in [1.29, 1.82) is 0 Å². The van der Waals surface area contributed by atoms with Crippen LogP contribution < -0.4 is 11.2 Å². The molecular weight excluding hydrogens is 323 g/mol. The molecule has 1 aromatic rings. The molecule has 0 saturated carbocycles. The second-order valence-electron chi connectivity index (χ2n) is 4.09. The summed E-state index contributed by atoms with van der Waals surface area (Å²) in [5.41, 5.74) is -0.546. The molecule has 0 unspecified atom stereocenters. The number of nitrogens with one attached hydrogen (secondary N) is 1. The number of nitrogens with zero attached hydrogens (tertiary/aromatic N) is 1. The van der Waals surface area contributed by atoms with Crippen molar-refractivity contribution in [1.82, 2.24) is 9.55 Å². The number of alkyl halides is 1. The van der Waals surface area contributed by atoms with Crippen LogP contribution in [0.15, 0.2) is 20.8 Å². The quantitative estimate of drug-likeness (QED) is 0.839. The number of rotatable bonds is 2. The number of hydrogen-bond acceptors (Lipinski definition) is 3. The van der Waals surface area contributed by atoms with Gasteiger partial charge in [0.15, 0.2) is 0 Å². The van der Waals surface area contributed by atoms with E-state index in [0.29, 0.717) is 12.0 Å². The molecule has 2 heterocycles. The molecule has 18 heavy (non-hydrogen) atoms. The topological polar surface area (TPSA) is 64.1 Å². The third-order valence-electron chi connectivity index (χ3n) is 2.86. The smallest absolute Gasteiger partial charge is 0.330 e. The van der Waals surface area contributed by atoms with Gasteiger partial charge < -0.3 is 4.74 Å². The average molecular weight is 336 g/mol. The second-order valence-corrected chi connectivity index (χ2v) is 5.18. The maximum atomic E-state index is 11.7. The molecule has 0 amide bonds. The van der Waals surface area contributed by atoms with Gasteiger partial charge in [-0.3, -0.25) is 14.3 Å². The molecule has 0 aliphatic carbocycles. The van der Waals surface area contributed by atoms with Crippen molar-refractivity contribution < 1.29 is 4.74 Å². The van der Waals surface area contributed by atoms with Gasteiger partial charge in [0, 0.05) is 12.6 Å². The first-order valence-electron chi connectivity index (χ1n) is 5.44. The van der Waals surface area contributed by atoms with Crippen LogP contribution in [-0.4, -0.2) is 21.0 Å². The Morgan fingerprint density at radius 2 is 2.33 bits per heavy atom. The third kappa shape index (κ3) is 2.60. The number of halogens is 2. The minimum Gasteiger partial charge on any atom is -0.353 e. The van der Waals surface area contributed by atoms with Crippen molar-refractivity contribution in [2.24, 2.45) is 0 Å². The van der Waals surface area contributed by atoms with Gasteiger partial charge in [0.25, 0.3) is 5.56 Å². The van der Waals surface area contributed by atoms with Gasteiger partial charge in [0.05, 0.1) is 17.0 Å². The predicted octanol–water partition coefficient (Wildman–Crippen LogP) is 1.82. The normalized spacial score (nSPS) is 28.1. The Hall–Kier alpha value is -0.850. The molecule has 1 fully saturated rings. The lowest BCUT2D eigenvalue weighted by Crippen LogP contribution is -2.33. The van der Waals surface area contributed by atoms with Gasteiger partial charge in [-0.15, -0.1) is 11.6 Å². The number of aromatic nitrogens is 2. The van der Waals surface area contributed by atoms with Gasteiger partial charge in [-0.1, -0.05) is 15.9 Å². The number of hydrogen-bond donors (Lipinski definition) is 1. The SMILES string of the molecule is C[C@H]1O[C@@H](n2cc(/C=C/Br)c(=O)[nH]c2=O)C[C@@H]1Cl. The van der Waals surface area contributed by atoms with E-state index in [-0.39, 0.29) is 11.5 Å². The second kappa shape index (κ2) is 5.42. The van der Waals surface area contributed by atoms with Crippen LogP contribution in [0.25, 0.3) is 6.08 Å². The zero-order valence-corrected chi connectivity index (χ0v) is 11.9. The first-order chi connectivity index (χ1) is 8.52. The van der Waals surface area contributed by atoms with Gasteiger partial charge in [0.2, 0.25) is 0 Å². The standard InChI is InChI=1S/C11H12BrClN2O3/c1-6-8(13)4-9(18-6)15-5-7(2-3-12)10(16)14-11(15)17/h2-3,5-6,8-9H,4H2,1H3,(H,14,16,17)/b3-2+/t6-,8+,9-/m1/s1. The summed E-state index contributed by atoms with van der Waals surface area (Å²) in [7, 11) is 0. The molecule has 1 aliphatic heterocycles. The molecule has 1 saturated heterocycles. The summed E-state index contributed by atoms with van der Waals surface area (Å²) in [4.78, 5) is 27.1. The molecule has 0 aromatic carbocycles. The summed E-state index contributed by atoms with van der Waals surface area (Å²) in [6.07, 6.45) is 3.02. The van der Waals surface area contributed by atoms with Crippen LogP contribution in [0.3, 0.4) is 0 Å². The van der Waals surface area contributed by atoms with Crippen molar-refractivity contribution in [3.8, 4) is 0 Å². The largest absolute Gasteiger partial charge is 0.353 e. The molecular formula is C11H12BrClN2O3. The Morgan fingerprint density at radius 1 is 1.61 bits per heavy atom. The fourth-order valence-corrected chi connectivity index (χ4v) is 2.35. The van der Waals surface area contributed by atoms with Crippen molar-refractivity contribution in [3.63, 3.8) is 0 Å². The van der Waals surface area contributed by atoms with E-state index in [4.69, 9.17) is 16.3 Å². The fourth-order valence-electron chi connectivity index (χ4n) is 1.85. The van der Waals surface area contributed by atoms with Crippen molar-refractivity contribution in [2.75, 3.05) is 0 Å². The highest BCUT2D eigenvalue weighted by atomic mass is 79.9. The maximum absolute atomic E-state index is 11.7. The van der Waals surface area contributed by atoms with Crippen molar-refractivity contribution >= 4 is 33.6 Å². The summed E-state index contributed by atoms with van der Waals surface area (Å²) < 4.78 is 6.95. The van der Waals surface area contributed by atoms with E-state index < -0.39 is 17.5 Å². The molecule has 1 aromatic heterocycles. The number of aromatic amines is 1. The van der Waals surface area contributed by atoms with Crippen LogP contribution >= 0.6 is 27.5 Å². The minimum absolute atomic E-state index is 0.120. The van der Waals surface area contributed by atoms with Crippen molar-refractivity contribution in [3.05, 3.63) is 37.6 Å². The third-order valence-corrected chi connectivity index (χ3v) is 3.65. The van der Waals surface area contributed by atoms with Gasteiger partial charge in [-0.25, -0.2) is 4.79 Å². The average Bonchev–Trinajstić information content (AvgIpc) is 2.63. The first kappa shape index (κ1) is 13.6. The predicted molar refractivity (Wildman–Crippen MR) is 73.1 cm³/mol. The fraction of sp³-hybridized carbons (Fsp3) is 0.455. The summed E-state index contributed by atoms with van der Waals surface area (Å²) >= 11 is 9.15. The van der Waals surface area contributed by atoms with E-state index in [2.05, 4.69) is 20.9 Å². The van der Waals surface area contributed by atoms with Gasteiger partial charge in [0.1, 0.15) is 6.23 Å². The zero-order chi connectivity index (χ0) is 13.3. The Bertz CT molecular complexity index is 570. The molecule has 2 rings (SSSR count). The van der Waals surface area contributed by atoms with Crippen LogP contribution in [0.1, 0.15) is 25.1 Å².